The van der Waals surface area contributed by atoms with Crippen molar-refractivity contribution >= 4 is 24.5 Å². The monoisotopic (exact) mass is 662 g/mol. The van der Waals surface area contributed by atoms with Crippen LogP contribution >= 0.6 is 7.82 Å². The van der Waals surface area contributed by atoms with Gasteiger partial charge < -0.3 is 10.3 Å². The van der Waals surface area contributed by atoms with E-state index in [1.165, 1.54) is 24.3 Å². The van der Waals surface area contributed by atoms with Crippen LogP contribution in [0.5, 0.6) is 0 Å². The molecule has 0 saturated carbocycles. The number of hydrogen-bond acceptors (Lipinski definition) is 6. The van der Waals surface area contributed by atoms with Crippen molar-refractivity contribution in [2.45, 2.75) is 37.8 Å². The predicted molar refractivity (Wildman–Crippen MR) is 170 cm³/mol. The number of aromatic amines is 1. The molecule has 1 aliphatic heterocycles. The van der Waals surface area contributed by atoms with E-state index in [1.54, 1.807) is 18.2 Å². The van der Waals surface area contributed by atoms with Crippen LogP contribution in [0.25, 0.3) is 22.0 Å². The quantitative estimate of drug-likeness (QED) is 0.140. The molecule has 2 N–H and O–H groups in total. The van der Waals surface area contributed by atoms with Crippen LogP contribution in [0, 0.1) is 0 Å². The van der Waals surface area contributed by atoms with Gasteiger partial charge in [0.15, 0.2) is 0 Å². The Morgan fingerprint density at radius 1 is 0.766 bits per heavy atom. The molecule has 2 atom stereocenters. The van der Waals surface area contributed by atoms with E-state index in [1.807, 2.05) is 60.7 Å². The van der Waals surface area contributed by atoms with E-state index in [2.05, 4.69) is 10.3 Å². The van der Waals surface area contributed by atoms with Gasteiger partial charge in [0.2, 0.25) is 5.91 Å². The second kappa shape index (κ2) is 13.7. The first kappa shape index (κ1) is 32.4. The Morgan fingerprint density at radius 2 is 1.38 bits per heavy atom. The van der Waals surface area contributed by atoms with Gasteiger partial charge in [-0.1, -0.05) is 91.0 Å². The number of nitrogens with one attached hydrogen (secondary N) is 2. The van der Waals surface area contributed by atoms with Crippen molar-refractivity contribution in [3.05, 3.63) is 142 Å². The highest BCUT2D eigenvalue weighted by Gasteiger charge is 2.37. The van der Waals surface area contributed by atoms with E-state index in [9.17, 15) is 27.3 Å². The number of phosphoric acid groups is 1. The summed E-state index contributed by atoms with van der Waals surface area (Å²) in [6.07, 6.45) is -4.32. The number of phosphoric ester groups is 1. The Labute approximate surface area is 268 Å². The van der Waals surface area contributed by atoms with Gasteiger partial charge in [-0.2, -0.15) is 13.2 Å². The average molecular weight is 663 g/mol. The standard InChI is InChI=1S/C35H30F3N2O6P/c36-35(37,38)31-14-8-7-13-28(31)32-18-26-16-15-25(17-29(26)34(42)40-32)30-19-27(39-33(30)41)22-46-47(43,44-20-23-9-3-1-4-10-23)45-21-24-11-5-2-6-12-24/h1-18,27,30H,19-22H2,(H,39,41)(H,40,42)/t27?,30-/m1/s1. The second-order valence-corrected chi connectivity index (χ2v) is 12.8. The minimum Gasteiger partial charge on any atom is -0.350 e. The van der Waals surface area contributed by atoms with Crippen LogP contribution in [-0.4, -0.2) is 23.5 Å². The molecule has 2 heterocycles. The van der Waals surface area contributed by atoms with Crippen LogP contribution in [0.4, 0.5) is 13.2 Å². The van der Waals surface area contributed by atoms with Crippen LogP contribution in [-0.2, 0) is 42.3 Å². The number of fused-ring (bicyclic) bond motifs is 1. The highest BCUT2D eigenvalue weighted by molar-refractivity contribution is 7.48. The van der Waals surface area contributed by atoms with Gasteiger partial charge in [0.25, 0.3) is 5.56 Å². The zero-order valence-electron chi connectivity index (χ0n) is 24.9. The van der Waals surface area contributed by atoms with Crippen LogP contribution in [0.15, 0.2) is 114 Å². The molecule has 6 rings (SSSR count). The van der Waals surface area contributed by atoms with E-state index in [-0.39, 0.29) is 48.8 Å². The highest BCUT2D eigenvalue weighted by Crippen LogP contribution is 2.51. The van der Waals surface area contributed by atoms with E-state index in [4.69, 9.17) is 13.6 Å². The van der Waals surface area contributed by atoms with E-state index in [0.717, 1.165) is 17.2 Å². The number of alkyl halides is 3. The number of halogens is 3. The molecule has 242 valence electrons. The highest BCUT2D eigenvalue weighted by atomic mass is 31.2. The molecule has 1 amide bonds. The van der Waals surface area contributed by atoms with Gasteiger partial charge in [-0.3, -0.25) is 23.2 Å². The number of carbonyl (C=O) groups excluding carboxylic acids is 1. The SMILES string of the molecule is O=C1NC(COP(=O)(OCc2ccccc2)OCc2ccccc2)C[C@@H]1c1ccc2cc(-c3ccccc3C(F)(F)F)[nH]c(=O)c2c1. The molecule has 0 bridgehead atoms. The predicted octanol–water partition coefficient (Wildman–Crippen LogP) is 7.74. The maximum Gasteiger partial charge on any atom is 0.475 e. The van der Waals surface area contributed by atoms with Crippen molar-refractivity contribution in [2.75, 3.05) is 6.61 Å². The topological polar surface area (TPSA) is 107 Å². The van der Waals surface area contributed by atoms with Crippen molar-refractivity contribution in [1.82, 2.24) is 10.3 Å². The number of aromatic nitrogens is 1. The molecular formula is C35H30F3N2O6P. The molecule has 47 heavy (non-hydrogen) atoms. The maximum absolute atomic E-state index is 13.7. The van der Waals surface area contributed by atoms with Crippen molar-refractivity contribution in [1.29, 1.82) is 0 Å². The maximum atomic E-state index is 13.7. The normalized spacial score (nSPS) is 16.8. The smallest absolute Gasteiger partial charge is 0.350 e. The largest absolute Gasteiger partial charge is 0.475 e. The summed E-state index contributed by atoms with van der Waals surface area (Å²) in [6.45, 7) is -0.178. The molecule has 0 aliphatic carbocycles. The summed E-state index contributed by atoms with van der Waals surface area (Å²) in [5, 5.41) is 3.51. The number of benzene rings is 4. The Balaban J connectivity index is 1.16. The molecule has 12 heteroatoms. The Kier molecular flexibility index (Phi) is 9.42. The van der Waals surface area contributed by atoms with Gasteiger partial charge in [0.05, 0.1) is 37.3 Å². The molecule has 1 aromatic heterocycles. The Bertz CT molecular complexity index is 1940. The number of H-pyrrole nitrogens is 1. The number of rotatable bonds is 11. The van der Waals surface area contributed by atoms with E-state index >= 15 is 0 Å². The first-order valence-electron chi connectivity index (χ1n) is 14.8. The molecule has 0 spiro atoms. The third kappa shape index (κ3) is 7.72. The van der Waals surface area contributed by atoms with Gasteiger partial charge >= 0.3 is 14.0 Å². The van der Waals surface area contributed by atoms with Crippen molar-refractivity contribution in [2.24, 2.45) is 0 Å². The van der Waals surface area contributed by atoms with E-state index in [0.29, 0.717) is 10.9 Å². The fraction of sp³-hybridized carbons (Fsp3) is 0.200. The molecule has 4 aromatic carbocycles. The number of amides is 1. The summed E-state index contributed by atoms with van der Waals surface area (Å²) in [4.78, 5) is 28.7. The first-order chi connectivity index (χ1) is 22.6. The van der Waals surface area contributed by atoms with Crippen LogP contribution in [0.1, 0.15) is 34.6 Å². The molecule has 5 aromatic rings. The fourth-order valence-corrected chi connectivity index (χ4v) is 6.70. The van der Waals surface area contributed by atoms with Gasteiger partial charge in [-0.25, -0.2) is 4.57 Å². The van der Waals surface area contributed by atoms with Gasteiger partial charge in [0.1, 0.15) is 0 Å². The Morgan fingerprint density at radius 3 is 2.02 bits per heavy atom. The minimum absolute atomic E-state index is 0.0122. The first-order valence-corrected chi connectivity index (χ1v) is 16.3. The van der Waals surface area contributed by atoms with Gasteiger partial charge in [-0.05, 0) is 46.7 Å². The molecule has 1 aliphatic rings. The summed E-state index contributed by atoms with van der Waals surface area (Å²) in [7, 11) is -4.06. The lowest BCUT2D eigenvalue weighted by molar-refractivity contribution is -0.137. The lowest BCUT2D eigenvalue weighted by atomic mass is 9.93. The summed E-state index contributed by atoms with van der Waals surface area (Å²) < 4.78 is 71.5. The van der Waals surface area contributed by atoms with Gasteiger partial charge in [0, 0.05) is 16.6 Å². The van der Waals surface area contributed by atoms with Crippen LogP contribution in [0.2, 0.25) is 0 Å². The van der Waals surface area contributed by atoms with Crippen molar-refractivity contribution in [3.8, 4) is 11.3 Å². The molecule has 1 unspecified atom stereocenters. The molecular weight excluding hydrogens is 632 g/mol. The van der Waals surface area contributed by atoms with Gasteiger partial charge in [-0.15, -0.1) is 0 Å². The lowest BCUT2D eigenvalue weighted by Crippen LogP contribution is -2.30. The van der Waals surface area contributed by atoms with Crippen LogP contribution in [0.3, 0.4) is 0 Å². The molecule has 8 nitrogen and oxygen atoms in total. The fourth-order valence-electron chi connectivity index (χ4n) is 5.50. The number of pyridine rings is 1. The summed E-state index contributed by atoms with van der Waals surface area (Å²) in [5.74, 6) is -0.955. The molecule has 0 radical (unpaired) electrons. The van der Waals surface area contributed by atoms with Crippen molar-refractivity contribution < 1.29 is 36.1 Å². The lowest BCUT2D eigenvalue weighted by Gasteiger charge is -2.20. The summed E-state index contributed by atoms with van der Waals surface area (Å²) >= 11 is 0. The van der Waals surface area contributed by atoms with Crippen molar-refractivity contribution in [3.63, 3.8) is 0 Å². The van der Waals surface area contributed by atoms with E-state index < -0.39 is 37.1 Å². The second-order valence-electron chi connectivity index (χ2n) is 11.2. The third-order valence-electron chi connectivity index (χ3n) is 7.88. The average Bonchev–Trinajstić information content (AvgIpc) is 3.46. The van der Waals surface area contributed by atoms with Crippen LogP contribution < -0.4 is 10.9 Å². The third-order valence-corrected chi connectivity index (χ3v) is 9.23. The minimum atomic E-state index is -4.60. The molecule has 1 saturated heterocycles. The molecule has 1 fully saturated rings. The number of hydrogen-bond donors (Lipinski definition) is 2. The zero-order chi connectivity index (χ0) is 33.0. The summed E-state index contributed by atoms with van der Waals surface area (Å²) in [6, 6.07) is 29.1. The zero-order valence-corrected chi connectivity index (χ0v) is 25.8. The number of carbonyl (C=O) groups is 1. The Hall–Kier alpha value is -4.54. The summed E-state index contributed by atoms with van der Waals surface area (Å²) in [5.41, 5.74) is 0.555.